The maximum absolute atomic E-state index is 5.78. The van der Waals surface area contributed by atoms with Gasteiger partial charge in [-0.05, 0) is 44.7 Å². The SMILES string of the molecule is Cc1nc(N2CCCCCC2)nc(C)c1C(C)CN. The smallest absolute Gasteiger partial charge is 0.225 e. The van der Waals surface area contributed by atoms with Gasteiger partial charge in [-0.2, -0.15) is 0 Å². The highest BCUT2D eigenvalue weighted by Crippen LogP contribution is 2.24. The Hall–Kier alpha value is -1.16. The summed E-state index contributed by atoms with van der Waals surface area (Å²) in [6.07, 6.45) is 5.17. The molecule has 0 bridgehead atoms. The predicted octanol–water partition coefficient (Wildman–Crippen LogP) is 2.54. The summed E-state index contributed by atoms with van der Waals surface area (Å²) in [7, 11) is 0. The van der Waals surface area contributed by atoms with E-state index in [1.54, 1.807) is 0 Å². The van der Waals surface area contributed by atoms with Crippen molar-refractivity contribution in [3.8, 4) is 0 Å². The van der Waals surface area contributed by atoms with Gasteiger partial charge in [-0.25, -0.2) is 9.97 Å². The molecule has 0 saturated carbocycles. The second-order valence-electron chi connectivity index (χ2n) is 5.65. The Morgan fingerprint density at radius 1 is 1.05 bits per heavy atom. The number of nitrogens with zero attached hydrogens (tertiary/aromatic N) is 3. The van der Waals surface area contributed by atoms with Gasteiger partial charge in [0.15, 0.2) is 0 Å². The Bertz CT molecular complexity index is 399. The van der Waals surface area contributed by atoms with Crippen molar-refractivity contribution in [2.75, 3.05) is 24.5 Å². The van der Waals surface area contributed by atoms with Crippen molar-refractivity contribution in [2.24, 2.45) is 5.73 Å². The molecule has 1 fully saturated rings. The zero-order valence-electron chi connectivity index (χ0n) is 12.4. The number of hydrogen-bond acceptors (Lipinski definition) is 4. The topological polar surface area (TPSA) is 55.0 Å². The van der Waals surface area contributed by atoms with Gasteiger partial charge < -0.3 is 10.6 Å². The van der Waals surface area contributed by atoms with E-state index in [4.69, 9.17) is 15.7 Å². The van der Waals surface area contributed by atoms with Gasteiger partial charge in [0.25, 0.3) is 0 Å². The van der Waals surface area contributed by atoms with E-state index in [0.29, 0.717) is 12.5 Å². The van der Waals surface area contributed by atoms with Crippen LogP contribution in [0.3, 0.4) is 0 Å². The van der Waals surface area contributed by atoms with Gasteiger partial charge in [0.1, 0.15) is 0 Å². The van der Waals surface area contributed by atoms with Gasteiger partial charge >= 0.3 is 0 Å². The summed E-state index contributed by atoms with van der Waals surface area (Å²) in [6.45, 7) is 9.13. The first-order valence-corrected chi connectivity index (χ1v) is 7.43. The maximum atomic E-state index is 5.78. The molecule has 2 rings (SSSR count). The third-order valence-electron chi connectivity index (χ3n) is 4.05. The van der Waals surface area contributed by atoms with Crippen LogP contribution in [-0.4, -0.2) is 29.6 Å². The van der Waals surface area contributed by atoms with E-state index in [1.165, 1.54) is 31.2 Å². The first-order valence-electron chi connectivity index (χ1n) is 7.43. The third kappa shape index (κ3) is 3.24. The zero-order valence-corrected chi connectivity index (χ0v) is 12.4. The van der Waals surface area contributed by atoms with Gasteiger partial charge in [0.2, 0.25) is 5.95 Å². The summed E-state index contributed by atoms with van der Waals surface area (Å²) in [6, 6.07) is 0. The molecule has 1 aliphatic heterocycles. The van der Waals surface area contributed by atoms with Crippen molar-refractivity contribution in [3.63, 3.8) is 0 Å². The average Bonchev–Trinajstić information content (AvgIpc) is 2.66. The number of anilines is 1. The highest BCUT2D eigenvalue weighted by Gasteiger charge is 2.18. The Morgan fingerprint density at radius 3 is 2.05 bits per heavy atom. The highest BCUT2D eigenvalue weighted by atomic mass is 15.2. The lowest BCUT2D eigenvalue weighted by Crippen LogP contribution is -2.27. The summed E-state index contributed by atoms with van der Waals surface area (Å²) in [5.41, 5.74) is 9.18. The van der Waals surface area contributed by atoms with E-state index in [1.807, 2.05) is 0 Å². The molecular weight excluding hydrogens is 236 g/mol. The van der Waals surface area contributed by atoms with Gasteiger partial charge in [0.05, 0.1) is 0 Å². The van der Waals surface area contributed by atoms with E-state index in [2.05, 4.69) is 25.7 Å². The maximum Gasteiger partial charge on any atom is 0.225 e. The molecule has 19 heavy (non-hydrogen) atoms. The van der Waals surface area contributed by atoms with Crippen LogP contribution in [0.4, 0.5) is 5.95 Å². The van der Waals surface area contributed by atoms with E-state index in [9.17, 15) is 0 Å². The molecule has 4 nitrogen and oxygen atoms in total. The van der Waals surface area contributed by atoms with Crippen molar-refractivity contribution in [3.05, 3.63) is 17.0 Å². The normalized spacial score (nSPS) is 18.2. The number of aromatic nitrogens is 2. The van der Waals surface area contributed by atoms with Gasteiger partial charge in [-0.3, -0.25) is 0 Å². The fraction of sp³-hybridized carbons (Fsp3) is 0.733. The second-order valence-corrected chi connectivity index (χ2v) is 5.65. The van der Waals surface area contributed by atoms with E-state index in [-0.39, 0.29) is 0 Å². The fourth-order valence-electron chi connectivity index (χ4n) is 2.95. The Balaban J connectivity index is 2.28. The van der Waals surface area contributed by atoms with E-state index < -0.39 is 0 Å². The quantitative estimate of drug-likeness (QED) is 0.909. The van der Waals surface area contributed by atoms with Crippen LogP contribution in [0.1, 0.15) is 55.5 Å². The van der Waals surface area contributed by atoms with Crippen LogP contribution in [-0.2, 0) is 0 Å². The van der Waals surface area contributed by atoms with Crippen LogP contribution < -0.4 is 10.6 Å². The van der Waals surface area contributed by atoms with Crippen molar-refractivity contribution in [1.29, 1.82) is 0 Å². The lowest BCUT2D eigenvalue weighted by Gasteiger charge is -2.23. The Labute approximate surface area is 116 Å². The molecule has 0 spiro atoms. The molecular formula is C15H26N4. The van der Waals surface area contributed by atoms with E-state index in [0.717, 1.165) is 30.4 Å². The molecule has 0 amide bonds. The van der Waals surface area contributed by atoms with Crippen LogP contribution >= 0.6 is 0 Å². The molecule has 1 saturated heterocycles. The average molecular weight is 262 g/mol. The first-order chi connectivity index (χ1) is 9.13. The van der Waals surface area contributed by atoms with Crippen LogP contribution in [0.5, 0.6) is 0 Å². The minimum absolute atomic E-state index is 0.332. The van der Waals surface area contributed by atoms with Crippen molar-refractivity contribution in [2.45, 2.75) is 52.4 Å². The van der Waals surface area contributed by atoms with Crippen LogP contribution in [0.2, 0.25) is 0 Å². The van der Waals surface area contributed by atoms with Crippen LogP contribution in [0.25, 0.3) is 0 Å². The van der Waals surface area contributed by atoms with Crippen LogP contribution in [0.15, 0.2) is 0 Å². The van der Waals surface area contributed by atoms with Gasteiger partial charge in [-0.1, -0.05) is 19.8 Å². The molecule has 4 heteroatoms. The summed E-state index contributed by atoms with van der Waals surface area (Å²) < 4.78 is 0. The molecule has 106 valence electrons. The monoisotopic (exact) mass is 262 g/mol. The molecule has 0 radical (unpaired) electrons. The van der Waals surface area contributed by atoms with Crippen molar-refractivity contribution < 1.29 is 0 Å². The molecule has 1 unspecified atom stereocenters. The molecule has 1 aromatic heterocycles. The number of nitrogens with two attached hydrogens (primary N) is 1. The van der Waals surface area contributed by atoms with Gasteiger partial charge in [-0.15, -0.1) is 0 Å². The number of aryl methyl sites for hydroxylation is 2. The summed E-state index contributed by atoms with van der Waals surface area (Å²) in [4.78, 5) is 11.8. The van der Waals surface area contributed by atoms with Crippen molar-refractivity contribution in [1.82, 2.24) is 9.97 Å². The van der Waals surface area contributed by atoms with Crippen LogP contribution in [0, 0.1) is 13.8 Å². The molecule has 0 aromatic carbocycles. The molecule has 0 aliphatic carbocycles. The molecule has 1 aromatic rings. The number of rotatable bonds is 3. The Morgan fingerprint density at radius 2 is 1.58 bits per heavy atom. The largest absolute Gasteiger partial charge is 0.341 e. The molecule has 1 atom stereocenters. The molecule has 2 N–H and O–H groups in total. The molecule has 1 aliphatic rings. The summed E-state index contributed by atoms with van der Waals surface area (Å²) in [5, 5.41) is 0. The highest BCUT2D eigenvalue weighted by molar-refractivity contribution is 5.38. The fourth-order valence-corrected chi connectivity index (χ4v) is 2.95. The minimum Gasteiger partial charge on any atom is -0.341 e. The zero-order chi connectivity index (χ0) is 13.8. The van der Waals surface area contributed by atoms with Crippen molar-refractivity contribution >= 4 is 5.95 Å². The second kappa shape index (κ2) is 6.33. The Kier molecular flexibility index (Phi) is 4.75. The van der Waals surface area contributed by atoms with Gasteiger partial charge in [0, 0.05) is 24.5 Å². The minimum atomic E-state index is 0.332. The summed E-state index contributed by atoms with van der Waals surface area (Å²) >= 11 is 0. The predicted molar refractivity (Wildman–Crippen MR) is 79.7 cm³/mol. The first kappa shape index (κ1) is 14.3. The van der Waals surface area contributed by atoms with E-state index >= 15 is 0 Å². The lowest BCUT2D eigenvalue weighted by molar-refractivity contribution is 0.720. The standard InChI is InChI=1S/C15H26N4/c1-11(10-16)14-12(2)17-15(18-13(14)3)19-8-6-4-5-7-9-19/h11H,4-10,16H2,1-3H3. The summed E-state index contributed by atoms with van der Waals surface area (Å²) in [5.74, 6) is 1.24. The molecule has 2 heterocycles. The number of hydrogen-bond donors (Lipinski definition) is 1. The third-order valence-corrected chi connectivity index (χ3v) is 4.05. The lowest BCUT2D eigenvalue weighted by atomic mass is 9.98.